The van der Waals surface area contributed by atoms with Crippen molar-refractivity contribution < 1.29 is 87.4 Å². The van der Waals surface area contributed by atoms with Crippen molar-refractivity contribution in [1.29, 1.82) is 0 Å². The van der Waals surface area contributed by atoms with Gasteiger partial charge >= 0.3 is 10.4 Å². The van der Waals surface area contributed by atoms with Crippen LogP contribution in [-0.2, 0) is 69.7 Å². The van der Waals surface area contributed by atoms with Gasteiger partial charge in [-0.25, -0.2) is 12.6 Å². The largest absolute Gasteiger partial charge is 0.505 e. The van der Waals surface area contributed by atoms with Gasteiger partial charge in [-0.1, -0.05) is 24.3 Å². The van der Waals surface area contributed by atoms with Gasteiger partial charge in [0, 0.05) is 34.8 Å². The molecule has 0 bridgehead atoms. The van der Waals surface area contributed by atoms with Gasteiger partial charge in [-0.3, -0.25) is 27.6 Å². The number of aromatic nitrogens is 3. The molecule has 28 nitrogen and oxygen atoms in total. The van der Waals surface area contributed by atoms with Crippen LogP contribution in [0.1, 0.15) is 6.42 Å². The third-order valence-corrected chi connectivity index (χ3v) is 14.9. The van der Waals surface area contributed by atoms with Crippen LogP contribution in [0.2, 0.25) is 5.28 Å². The number of phenolic OH excluding ortho intramolecular Hbond substituents is 1. The molecule has 5 aromatic carbocycles. The lowest BCUT2D eigenvalue weighted by Crippen LogP contribution is -2.18. The lowest BCUT2D eigenvalue weighted by atomic mass is 10.1. The van der Waals surface area contributed by atoms with E-state index in [4.69, 9.17) is 16.2 Å². The molecule has 0 aliphatic rings. The summed E-state index contributed by atoms with van der Waals surface area (Å²) in [6.45, 7) is -1.23. The van der Waals surface area contributed by atoms with Crippen LogP contribution in [0, 0.1) is 0 Å². The maximum Gasteiger partial charge on any atom is 0.397 e. The zero-order chi connectivity index (χ0) is 51.1. The highest BCUT2D eigenvalue weighted by Gasteiger charge is 2.28. The summed E-state index contributed by atoms with van der Waals surface area (Å²) in [4.78, 5) is 20.7. The van der Waals surface area contributed by atoms with E-state index in [2.05, 4.69) is 45.3 Å². The van der Waals surface area contributed by atoms with Crippen LogP contribution < -0.4 is 16.0 Å². The van der Waals surface area contributed by atoms with E-state index in [1.165, 1.54) is 18.2 Å². The lowest BCUT2D eigenvalue weighted by Gasteiger charge is -2.15. The molecule has 69 heavy (non-hydrogen) atoms. The van der Waals surface area contributed by atoms with Crippen molar-refractivity contribution >= 4 is 134 Å². The Hall–Kier alpha value is -6.15. The number of fused-ring (bicyclic) bond motifs is 2. The van der Waals surface area contributed by atoms with E-state index in [1.807, 2.05) is 0 Å². The highest BCUT2D eigenvalue weighted by molar-refractivity contribution is 7.91. The van der Waals surface area contributed by atoms with Crippen LogP contribution in [-0.4, -0.2) is 118 Å². The average Bonchev–Trinajstić information content (AvgIpc) is 3.20. The number of sulfone groups is 1. The highest BCUT2D eigenvalue weighted by atomic mass is 35.5. The third kappa shape index (κ3) is 12.7. The summed E-state index contributed by atoms with van der Waals surface area (Å²) in [6.07, 6.45) is -0.541. The van der Waals surface area contributed by atoms with Gasteiger partial charge in [-0.15, -0.1) is 10.2 Å². The van der Waals surface area contributed by atoms with Crippen molar-refractivity contribution in [2.24, 2.45) is 10.2 Å². The Kier molecular flexibility index (Phi) is 14.6. The van der Waals surface area contributed by atoms with Crippen LogP contribution in [0.3, 0.4) is 0 Å². The summed E-state index contributed by atoms with van der Waals surface area (Å²) in [7, 11) is -30.0. The van der Waals surface area contributed by atoms with Gasteiger partial charge in [0.2, 0.25) is 23.1 Å². The van der Waals surface area contributed by atoms with Crippen LogP contribution >= 0.6 is 11.6 Å². The summed E-state index contributed by atoms with van der Waals surface area (Å²) in [5.41, 5.74) is -2.52. The fourth-order valence-electron chi connectivity index (χ4n) is 6.22. The summed E-state index contributed by atoms with van der Waals surface area (Å²) in [5.74, 6) is -3.58. The average molecular weight is 1100 g/mol. The Labute approximate surface area is 394 Å². The Morgan fingerprint density at radius 3 is 1.99 bits per heavy atom. The minimum absolute atomic E-state index is 0.0868. The Morgan fingerprint density at radius 1 is 0.681 bits per heavy atom. The zero-order valence-electron chi connectivity index (χ0n) is 33.7. The third-order valence-electron chi connectivity index (χ3n) is 9.00. The number of aromatic hydroxyl groups is 1. The smallest absolute Gasteiger partial charge is 0.397 e. The quantitative estimate of drug-likeness (QED) is 0.0437. The summed E-state index contributed by atoms with van der Waals surface area (Å²) in [6, 6.07) is 11.5. The van der Waals surface area contributed by atoms with Crippen molar-refractivity contribution in [2.75, 3.05) is 34.9 Å². The van der Waals surface area contributed by atoms with E-state index in [-0.39, 0.29) is 29.0 Å². The molecule has 0 atom stereocenters. The number of amides is 1. The number of carbonyl (C=O) groups is 1. The molecule has 0 saturated carbocycles. The van der Waals surface area contributed by atoms with E-state index in [0.717, 1.165) is 36.4 Å². The van der Waals surface area contributed by atoms with Crippen LogP contribution in [0.5, 0.6) is 5.75 Å². The summed E-state index contributed by atoms with van der Waals surface area (Å²) in [5, 5.41) is 23.8. The minimum atomic E-state index is -5.47. The van der Waals surface area contributed by atoms with Gasteiger partial charge in [0.15, 0.2) is 15.6 Å². The fraction of sp³-hybridized carbons (Fsp3) is 0.118. The second kappa shape index (κ2) is 19.3. The SMILES string of the molecule is O=C(CCNc1nc(Cl)nc(Nc2cccc(S(=O)(=O)CCOS(=O)(=O)O)c2)n1)Nc1cc(S(=O)(=O)O)cc2cc(S(=O)(=O)O)c(N=Nc3ccc4c(S(=O)(=O)O)cccc4c3S(=O)(=O)O)c(O)c12. The molecule has 1 amide bonds. The molecular weight excluding hydrogens is 1070 g/mol. The molecule has 6 rings (SSSR count). The van der Waals surface area contributed by atoms with Gasteiger partial charge in [0.05, 0.1) is 27.8 Å². The molecule has 0 fully saturated rings. The van der Waals surface area contributed by atoms with Crippen LogP contribution in [0.4, 0.5) is 34.6 Å². The molecule has 1 heterocycles. The first-order chi connectivity index (χ1) is 31.8. The van der Waals surface area contributed by atoms with Crippen molar-refractivity contribution in [3.8, 4) is 5.75 Å². The number of nitrogens with one attached hydrogen (secondary N) is 3. The molecule has 35 heteroatoms. The number of carbonyl (C=O) groups excluding carboxylic acids is 1. The normalized spacial score (nSPS) is 13.0. The van der Waals surface area contributed by atoms with Gasteiger partial charge in [0.1, 0.15) is 26.1 Å². The molecule has 6 aromatic rings. The second-order valence-electron chi connectivity index (χ2n) is 13.7. The molecular formula is C34H29ClN8O20S6. The number of hydrogen-bond donors (Lipinski definition) is 9. The highest BCUT2D eigenvalue weighted by Crippen LogP contribution is 2.46. The molecule has 9 N–H and O–H groups in total. The van der Waals surface area contributed by atoms with Crippen molar-refractivity contribution in [3.63, 3.8) is 0 Å². The predicted octanol–water partition coefficient (Wildman–Crippen LogP) is 3.72. The number of anilines is 4. The molecule has 0 aliphatic heterocycles. The van der Waals surface area contributed by atoms with Gasteiger partial charge in [0.25, 0.3) is 40.5 Å². The molecule has 0 radical (unpaired) electrons. The van der Waals surface area contributed by atoms with Gasteiger partial charge in [-0.2, -0.15) is 57.0 Å². The number of halogens is 1. The Morgan fingerprint density at radius 2 is 1.35 bits per heavy atom. The van der Waals surface area contributed by atoms with Crippen LogP contribution in [0.25, 0.3) is 21.5 Å². The number of phenols is 1. The van der Waals surface area contributed by atoms with Gasteiger partial charge in [-0.05, 0) is 65.5 Å². The number of rotatable bonds is 18. The number of hydrogen-bond acceptors (Lipinski definition) is 22. The first-order valence-corrected chi connectivity index (χ1v) is 27.4. The molecule has 0 spiro atoms. The van der Waals surface area contributed by atoms with E-state index in [1.54, 1.807) is 0 Å². The lowest BCUT2D eigenvalue weighted by molar-refractivity contribution is -0.116. The first-order valence-electron chi connectivity index (χ1n) is 18.2. The molecule has 1 aromatic heterocycles. The molecule has 0 aliphatic carbocycles. The fourth-order valence-corrected chi connectivity index (χ4v) is 10.6. The standard InChI is InChI=1S/C34H29ClN8O20S6/c35-32-39-33(41-34(40-32)37-18-3-1-4-19(15-18)64(46,47)12-11-63-69(60,61)62)36-10-9-27(44)38-24-16-20(65(48,49)50)13-17-14-26(67(54,55)56)29(30(45)28(17)24)43-42-23-8-7-21-22(31(23)68(57,58)59)5-2-6-25(21)66(51,52)53/h1-8,13-16,45H,9-12H2,(H,38,44)(H,48,49,50)(H,51,52,53)(H,54,55,56)(H,57,58,59)(H,60,61,62)(H2,36,37,39,40,41). The summed E-state index contributed by atoms with van der Waals surface area (Å²) >= 11 is 6.04. The Balaban J connectivity index is 1.30. The number of azo groups is 1. The molecule has 0 unspecified atom stereocenters. The van der Waals surface area contributed by atoms with E-state index in [9.17, 15) is 78.6 Å². The molecule has 368 valence electrons. The minimum Gasteiger partial charge on any atom is -0.505 e. The van der Waals surface area contributed by atoms with Crippen molar-refractivity contribution in [3.05, 3.63) is 78.1 Å². The molecule has 0 saturated heterocycles. The first kappa shape index (κ1) is 52.2. The monoisotopic (exact) mass is 1100 g/mol. The number of benzene rings is 5. The van der Waals surface area contributed by atoms with Crippen LogP contribution in [0.15, 0.2) is 108 Å². The number of nitrogens with zero attached hydrogens (tertiary/aromatic N) is 5. The second-order valence-corrected chi connectivity index (χ2v) is 22.8. The zero-order valence-corrected chi connectivity index (χ0v) is 39.4. The van der Waals surface area contributed by atoms with Crippen molar-refractivity contribution in [2.45, 2.75) is 30.9 Å². The predicted molar refractivity (Wildman–Crippen MR) is 239 cm³/mol. The summed E-state index contributed by atoms with van der Waals surface area (Å²) < 4.78 is 198. The van der Waals surface area contributed by atoms with Crippen molar-refractivity contribution in [1.82, 2.24) is 15.0 Å². The van der Waals surface area contributed by atoms with E-state index < -0.39 is 155 Å². The van der Waals surface area contributed by atoms with E-state index in [0.29, 0.717) is 18.2 Å². The maximum atomic E-state index is 13.3. The Bertz CT molecular complexity index is 3850. The maximum absolute atomic E-state index is 13.3. The van der Waals surface area contributed by atoms with E-state index >= 15 is 0 Å². The topological polar surface area (TPSA) is 452 Å². The van der Waals surface area contributed by atoms with Gasteiger partial charge < -0.3 is 21.1 Å².